The Hall–Kier alpha value is -3.08. The molecule has 0 N–H and O–H groups in total. The fraction of sp³-hybridized carbons (Fsp3) is 0.414. The molecule has 4 rings (SSSR count). The van der Waals surface area contributed by atoms with Crippen LogP contribution in [0.3, 0.4) is 0 Å². The standard InChI is InChI=1S/C29H37ClN4O4SSi/c1-32-13-14-34(28(35)23-20-31-27(30)19-24(23)32)21-8-6-9-22(18-21)38-25(26-10-7-16-39-26)11-12-33(2)29(36)37-15-17-40(3,4)5/h6-10,16,18-20,25H,11-15,17H2,1-5H3/t25-/m0/s1. The summed E-state index contributed by atoms with van der Waals surface area (Å²) in [5.74, 6) is 0.515. The molecular formula is C29H37ClN4O4SSi. The molecule has 0 saturated heterocycles. The molecule has 1 atom stereocenters. The van der Waals surface area contributed by atoms with E-state index in [4.69, 9.17) is 21.1 Å². The average molecular weight is 601 g/mol. The van der Waals surface area contributed by atoms with Crippen LogP contribution in [0.15, 0.2) is 54.0 Å². The maximum absolute atomic E-state index is 13.5. The van der Waals surface area contributed by atoms with Crippen molar-refractivity contribution in [2.75, 3.05) is 50.1 Å². The van der Waals surface area contributed by atoms with Gasteiger partial charge in [-0.3, -0.25) is 4.79 Å². The highest BCUT2D eigenvalue weighted by atomic mass is 35.5. The molecule has 8 nitrogen and oxygen atoms in total. The molecule has 0 spiro atoms. The number of benzene rings is 1. The first-order valence-electron chi connectivity index (χ1n) is 13.4. The third-order valence-corrected chi connectivity index (χ3v) is 9.65. The highest BCUT2D eigenvalue weighted by Gasteiger charge is 2.27. The molecule has 2 amide bonds. The molecule has 0 saturated carbocycles. The fourth-order valence-electron chi connectivity index (χ4n) is 4.34. The monoisotopic (exact) mass is 600 g/mol. The Balaban J connectivity index is 1.46. The van der Waals surface area contributed by atoms with Gasteiger partial charge in [-0.15, -0.1) is 11.3 Å². The highest BCUT2D eigenvalue weighted by molar-refractivity contribution is 7.10. The van der Waals surface area contributed by atoms with Gasteiger partial charge >= 0.3 is 6.09 Å². The van der Waals surface area contributed by atoms with Crippen molar-refractivity contribution in [1.82, 2.24) is 9.88 Å². The number of fused-ring (bicyclic) bond motifs is 1. The predicted octanol–water partition coefficient (Wildman–Crippen LogP) is 6.81. The van der Waals surface area contributed by atoms with Crippen LogP contribution in [0.25, 0.3) is 0 Å². The van der Waals surface area contributed by atoms with Crippen LogP contribution in [0.4, 0.5) is 16.2 Å². The summed E-state index contributed by atoms with van der Waals surface area (Å²) in [4.78, 5) is 36.6. The maximum atomic E-state index is 13.5. The number of nitrogens with zero attached hydrogens (tertiary/aromatic N) is 4. The summed E-state index contributed by atoms with van der Waals surface area (Å²) in [7, 11) is 2.42. The van der Waals surface area contributed by atoms with E-state index in [2.05, 4.69) is 24.6 Å². The number of carbonyl (C=O) groups is 2. The third kappa shape index (κ3) is 7.77. The SMILES string of the molecule is CN(CC[C@H](Oc1cccc(N2CCN(C)c3cc(Cl)ncc3C2=O)c1)c1cccs1)C(=O)OCC[Si](C)(C)C. The normalized spacial score (nSPS) is 14.4. The molecule has 0 aliphatic carbocycles. The van der Waals surface area contributed by atoms with Gasteiger partial charge in [0.2, 0.25) is 0 Å². The van der Waals surface area contributed by atoms with Gasteiger partial charge in [0.05, 0.1) is 17.9 Å². The molecule has 1 aliphatic rings. The Morgan fingerprint density at radius 1 is 1.20 bits per heavy atom. The van der Waals surface area contributed by atoms with E-state index in [9.17, 15) is 9.59 Å². The van der Waals surface area contributed by atoms with Crippen molar-refractivity contribution in [2.24, 2.45) is 0 Å². The Labute approximate surface area is 246 Å². The summed E-state index contributed by atoms with van der Waals surface area (Å²) < 4.78 is 12.0. The molecule has 2 aromatic heterocycles. The van der Waals surface area contributed by atoms with Crippen LogP contribution in [0.1, 0.15) is 27.8 Å². The van der Waals surface area contributed by atoms with Crippen LogP contribution in [-0.2, 0) is 4.74 Å². The third-order valence-electron chi connectivity index (χ3n) is 6.78. The van der Waals surface area contributed by atoms with Crippen molar-refractivity contribution in [2.45, 2.75) is 38.2 Å². The summed E-state index contributed by atoms with van der Waals surface area (Å²) in [6.45, 7) is 8.86. The number of anilines is 2. The molecule has 1 aliphatic heterocycles. The summed E-state index contributed by atoms with van der Waals surface area (Å²) in [6.07, 6.45) is 1.56. The second kappa shape index (κ2) is 13.1. The molecule has 214 valence electrons. The zero-order valence-corrected chi connectivity index (χ0v) is 26.3. The van der Waals surface area contributed by atoms with Crippen LogP contribution in [-0.4, -0.2) is 70.3 Å². The lowest BCUT2D eigenvalue weighted by Crippen LogP contribution is -2.33. The van der Waals surface area contributed by atoms with Gasteiger partial charge in [-0.1, -0.05) is 43.4 Å². The smallest absolute Gasteiger partial charge is 0.409 e. The highest BCUT2D eigenvalue weighted by Crippen LogP contribution is 2.33. The van der Waals surface area contributed by atoms with Gasteiger partial charge in [0.25, 0.3) is 5.91 Å². The molecule has 0 fully saturated rings. The van der Waals surface area contributed by atoms with E-state index in [1.165, 1.54) is 6.20 Å². The molecule has 11 heteroatoms. The average Bonchev–Trinajstić information content (AvgIpc) is 3.41. The number of halogens is 1. The van der Waals surface area contributed by atoms with Crippen LogP contribution >= 0.6 is 22.9 Å². The first-order valence-corrected chi connectivity index (χ1v) is 18.3. The van der Waals surface area contributed by atoms with Gasteiger partial charge in [0.1, 0.15) is 17.0 Å². The maximum Gasteiger partial charge on any atom is 0.409 e. The van der Waals surface area contributed by atoms with Crippen LogP contribution < -0.4 is 14.5 Å². The summed E-state index contributed by atoms with van der Waals surface area (Å²) in [6, 6.07) is 14.3. The molecule has 0 radical (unpaired) electrons. The Bertz CT molecular complexity index is 1320. The van der Waals surface area contributed by atoms with Gasteiger partial charge in [0.15, 0.2) is 0 Å². The minimum atomic E-state index is -1.27. The molecule has 3 heterocycles. The van der Waals surface area contributed by atoms with Crippen molar-refractivity contribution in [1.29, 1.82) is 0 Å². The summed E-state index contributed by atoms with van der Waals surface area (Å²) in [5, 5.41) is 2.37. The minimum Gasteiger partial charge on any atom is -0.485 e. The van der Waals surface area contributed by atoms with Gasteiger partial charge in [-0.25, -0.2) is 9.78 Å². The van der Waals surface area contributed by atoms with Crippen molar-refractivity contribution in [3.8, 4) is 5.75 Å². The second-order valence-electron chi connectivity index (χ2n) is 11.2. The van der Waals surface area contributed by atoms with E-state index < -0.39 is 8.07 Å². The fourth-order valence-corrected chi connectivity index (χ4v) is 6.00. The first kappa shape index (κ1) is 29.9. The zero-order valence-electron chi connectivity index (χ0n) is 23.7. The van der Waals surface area contributed by atoms with E-state index in [1.54, 1.807) is 34.3 Å². The molecular weight excluding hydrogens is 564 g/mol. The number of aromatic nitrogens is 1. The number of hydrogen-bond donors (Lipinski definition) is 0. The van der Waals surface area contributed by atoms with E-state index in [-0.39, 0.29) is 18.1 Å². The van der Waals surface area contributed by atoms with E-state index in [1.807, 2.05) is 53.7 Å². The van der Waals surface area contributed by atoms with Gasteiger partial charge in [0, 0.05) is 71.1 Å². The Kier molecular flexibility index (Phi) is 9.75. The molecule has 3 aromatic rings. The van der Waals surface area contributed by atoms with E-state index >= 15 is 0 Å². The number of ether oxygens (including phenoxy) is 2. The number of amides is 2. The quantitative estimate of drug-likeness (QED) is 0.188. The molecule has 0 bridgehead atoms. The topological polar surface area (TPSA) is 75.2 Å². The first-order chi connectivity index (χ1) is 19.0. The van der Waals surface area contributed by atoms with Gasteiger partial charge in [-0.05, 0) is 35.7 Å². The summed E-state index contributed by atoms with van der Waals surface area (Å²) in [5.41, 5.74) is 2.01. The van der Waals surface area contributed by atoms with Crippen LogP contribution in [0.2, 0.25) is 30.8 Å². The van der Waals surface area contributed by atoms with Crippen molar-refractivity contribution in [3.63, 3.8) is 0 Å². The van der Waals surface area contributed by atoms with Gasteiger partial charge < -0.3 is 24.2 Å². The van der Waals surface area contributed by atoms with E-state index in [0.717, 1.165) is 22.3 Å². The number of likely N-dealkylation sites (N-methyl/N-ethyl adjacent to an activating group) is 1. The lowest BCUT2D eigenvalue weighted by atomic mass is 10.2. The predicted molar refractivity (Wildman–Crippen MR) is 165 cm³/mol. The van der Waals surface area contributed by atoms with Crippen molar-refractivity contribution in [3.05, 3.63) is 69.6 Å². The van der Waals surface area contributed by atoms with E-state index in [0.29, 0.717) is 49.1 Å². The Morgan fingerprint density at radius 2 is 2.00 bits per heavy atom. The number of hydrogen-bond acceptors (Lipinski definition) is 7. The molecule has 1 aromatic carbocycles. The number of thiophene rings is 1. The Morgan fingerprint density at radius 3 is 2.73 bits per heavy atom. The second-order valence-corrected chi connectivity index (χ2v) is 18.1. The lowest BCUT2D eigenvalue weighted by Gasteiger charge is -2.24. The molecule has 40 heavy (non-hydrogen) atoms. The lowest BCUT2D eigenvalue weighted by molar-refractivity contribution is 0.0989. The summed E-state index contributed by atoms with van der Waals surface area (Å²) >= 11 is 7.72. The number of rotatable bonds is 10. The minimum absolute atomic E-state index is 0.135. The van der Waals surface area contributed by atoms with Crippen LogP contribution in [0, 0.1) is 0 Å². The number of carbonyl (C=O) groups excluding carboxylic acids is 2. The van der Waals surface area contributed by atoms with Gasteiger partial charge in [-0.2, -0.15) is 0 Å². The van der Waals surface area contributed by atoms with Crippen LogP contribution in [0.5, 0.6) is 5.75 Å². The van der Waals surface area contributed by atoms with Crippen molar-refractivity contribution < 1.29 is 19.1 Å². The molecule has 0 unspecified atom stereocenters. The largest absolute Gasteiger partial charge is 0.485 e. The number of pyridine rings is 1. The zero-order chi connectivity index (χ0) is 28.9. The van der Waals surface area contributed by atoms with Crippen molar-refractivity contribution >= 4 is 54.4 Å².